The molecular weight excluding hydrogens is 322 g/mol. The molecule has 0 unspecified atom stereocenters. The molecule has 0 fully saturated rings. The molecule has 130 valence electrons. The summed E-state index contributed by atoms with van der Waals surface area (Å²) < 4.78 is 5.52. The minimum atomic E-state index is -0.578. The minimum Gasteiger partial charge on any atom is -0.492 e. The van der Waals surface area contributed by atoms with E-state index in [9.17, 15) is 9.59 Å². The van der Waals surface area contributed by atoms with Crippen LogP contribution >= 0.6 is 0 Å². The molecule has 0 saturated carbocycles. The van der Waals surface area contributed by atoms with E-state index in [-0.39, 0.29) is 6.03 Å². The molecule has 3 N–H and O–H groups in total. The van der Waals surface area contributed by atoms with Crippen molar-refractivity contribution in [3.05, 3.63) is 65.2 Å². The molecule has 1 heterocycles. The van der Waals surface area contributed by atoms with Gasteiger partial charge in [0, 0.05) is 18.7 Å². The Kier molecular flexibility index (Phi) is 5.15. The van der Waals surface area contributed by atoms with Crippen molar-refractivity contribution in [3.8, 4) is 5.75 Å². The SMILES string of the molecule is O=C(NO)c1ccc(OCCNC(=O)N2Cc3ccccc3C2)cc1. The first-order chi connectivity index (χ1) is 12.2. The number of rotatable bonds is 5. The zero-order valence-corrected chi connectivity index (χ0v) is 13.6. The maximum absolute atomic E-state index is 12.2. The molecule has 0 spiro atoms. The zero-order valence-electron chi connectivity index (χ0n) is 13.6. The smallest absolute Gasteiger partial charge is 0.318 e. The lowest BCUT2D eigenvalue weighted by Gasteiger charge is -2.16. The summed E-state index contributed by atoms with van der Waals surface area (Å²) in [6.07, 6.45) is 0. The van der Waals surface area contributed by atoms with Crippen LogP contribution in [0.2, 0.25) is 0 Å². The first kappa shape index (κ1) is 16.8. The number of amides is 3. The number of carbonyl (C=O) groups is 2. The first-order valence-corrected chi connectivity index (χ1v) is 7.94. The maximum atomic E-state index is 12.2. The standard InChI is InChI=1S/C18H19N3O4/c22-17(20-24)13-5-7-16(8-6-13)25-10-9-19-18(23)21-11-14-3-1-2-4-15(14)12-21/h1-8,24H,9-12H2,(H,19,23)(H,20,22). The third kappa shape index (κ3) is 4.07. The molecule has 2 aromatic carbocycles. The molecule has 7 heteroatoms. The van der Waals surface area contributed by atoms with Gasteiger partial charge in [0.25, 0.3) is 5.91 Å². The molecule has 2 aromatic rings. The molecule has 0 radical (unpaired) electrons. The number of urea groups is 1. The lowest BCUT2D eigenvalue weighted by molar-refractivity contribution is 0.0706. The van der Waals surface area contributed by atoms with Gasteiger partial charge in [-0.15, -0.1) is 0 Å². The number of carbonyl (C=O) groups excluding carboxylic acids is 2. The van der Waals surface area contributed by atoms with Gasteiger partial charge in [0.1, 0.15) is 12.4 Å². The molecule has 0 atom stereocenters. The number of benzene rings is 2. The molecule has 3 amide bonds. The topological polar surface area (TPSA) is 90.9 Å². The Morgan fingerprint density at radius 1 is 1.04 bits per heavy atom. The van der Waals surface area contributed by atoms with E-state index in [1.165, 1.54) is 11.1 Å². The summed E-state index contributed by atoms with van der Waals surface area (Å²) in [7, 11) is 0. The highest BCUT2D eigenvalue weighted by Gasteiger charge is 2.22. The van der Waals surface area contributed by atoms with Crippen molar-refractivity contribution < 1.29 is 19.5 Å². The van der Waals surface area contributed by atoms with Crippen LogP contribution in [0.4, 0.5) is 4.79 Å². The highest BCUT2D eigenvalue weighted by Crippen LogP contribution is 2.21. The van der Waals surface area contributed by atoms with Crippen LogP contribution in [0.5, 0.6) is 5.75 Å². The van der Waals surface area contributed by atoms with Crippen LogP contribution in [0.15, 0.2) is 48.5 Å². The van der Waals surface area contributed by atoms with Gasteiger partial charge in [0.2, 0.25) is 0 Å². The Morgan fingerprint density at radius 2 is 1.68 bits per heavy atom. The quantitative estimate of drug-likeness (QED) is 0.440. The number of ether oxygens (including phenoxy) is 1. The van der Waals surface area contributed by atoms with E-state index in [0.717, 1.165) is 0 Å². The Morgan fingerprint density at radius 3 is 2.28 bits per heavy atom. The van der Waals surface area contributed by atoms with Gasteiger partial charge in [-0.05, 0) is 35.4 Å². The van der Waals surface area contributed by atoms with Crippen molar-refractivity contribution in [2.45, 2.75) is 13.1 Å². The van der Waals surface area contributed by atoms with Crippen LogP contribution < -0.4 is 15.5 Å². The summed E-state index contributed by atoms with van der Waals surface area (Å²) in [4.78, 5) is 25.1. The zero-order chi connectivity index (χ0) is 17.6. The molecule has 0 bridgehead atoms. The van der Waals surface area contributed by atoms with E-state index in [0.29, 0.717) is 37.6 Å². The summed E-state index contributed by atoms with van der Waals surface area (Å²) in [5.74, 6) is 0.00254. The average molecular weight is 341 g/mol. The second-order valence-electron chi connectivity index (χ2n) is 5.67. The third-order valence-corrected chi connectivity index (χ3v) is 3.99. The fourth-order valence-electron chi connectivity index (χ4n) is 2.68. The highest BCUT2D eigenvalue weighted by atomic mass is 16.5. The lowest BCUT2D eigenvalue weighted by atomic mass is 10.1. The average Bonchev–Trinajstić information content (AvgIpc) is 3.09. The lowest BCUT2D eigenvalue weighted by Crippen LogP contribution is -2.38. The molecule has 1 aliphatic heterocycles. The van der Waals surface area contributed by atoms with Crippen molar-refractivity contribution in [1.82, 2.24) is 15.7 Å². The second kappa shape index (κ2) is 7.67. The summed E-state index contributed by atoms with van der Waals surface area (Å²) in [5, 5.41) is 11.4. The number of hydrogen-bond donors (Lipinski definition) is 3. The van der Waals surface area contributed by atoms with Crippen molar-refractivity contribution >= 4 is 11.9 Å². The summed E-state index contributed by atoms with van der Waals surface area (Å²) >= 11 is 0. The molecule has 0 saturated heterocycles. The third-order valence-electron chi connectivity index (χ3n) is 3.99. The molecule has 0 aliphatic carbocycles. The Labute approximate surface area is 145 Å². The molecule has 3 rings (SSSR count). The van der Waals surface area contributed by atoms with Gasteiger partial charge in [0.05, 0.1) is 6.54 Å². The van der Waals surface area contributed by atoms with Crippen LogP contribution in [0.1, 0.15) is 21.5 Å². The van der Waals surface area contributed by atoms with Gasteiger partial charge in [-0.2, -0.15) is 0 Å². The van der Waals surface area contributed by atoms with Gasteiger partial charge in [-0.1, -0.05) is 24.3 Å². The van der Waals surface area contributed by atoms with Crippen molar-refractivity contribution in [2.75, 3.05) is 13.2 Å². The van der Waals surface area contributed by atoms with E-state index in [2.05, 4.69) is 5.32 Å². The van der Waals surface area contributed by atoms with Crippen LogP contribution in [0.3, 0.4) is 0 Å². The van der Waals surface area contributed by atoms with E-state index < -0.39 is 5.91 Å². The largest absolute Gasteiger partial charge is 0.492 e. The van der Waals surface area contributed by atoms with Crippen molar-refractivity contribution in [3.63, 3.8) is 0 Å². The monoisotopic (exact) mass is 341 g/mol. The minimum absolute atomic E-state index is 0.116. The van der Waals surface area contributed by atoms with Crippen molar-refractivity contribution in [1.29, 1.82) is 0 Å². The Bertz CT molecular complexity index is 736. The predicted molar refractivity (Wildman–Crippen MR) is 90.3 cm³/mol. The van der Waals surface area contributed by atoms with Gasteiger partial charge < -0.3 is 15.0 Å². The van der Waals surface area contributed by atoms with E-state index in [1.54, 1.807) is 34.6 Å². The molecular formula is C18H19N3O4. The van der Waals surface area contributed by atoms with Gasteiger partial charge in [-0.3, -0.25) is 10.0 Å². The Balaban J connectivity index is 1.40. The van der Waals surface area contributed by atoms with Crippen molar-refractivity contribution in [2.24, 2.45) is 0 Å². The molecule has 25 heavy (non-hydrogen) atoms. The summed E-state index contributed by atoms with van der Waals surface area (Å²) in [5.41, 5.74) is 4.26. The van der Waals surface area contributed by atoms with Gasteiger partial charge in [0.15, 0.2) is 0 Å². The number of nitrogens with zero attached hydrogens (tertiary/aromatic N) is 1. The number of fused-ring (bicyclic) bond motifs is 1. The number of hydrogen-bond acceptors (Lipinski definition) is 4. The Hall–Kier alpha value is -3.06. The molecule has 1 aliphatic rings. The van der Waals surface area contributed by atoms with Crippen LogP contribution in [-0.2, 0) is 13.1 Å². The number of nitrogens with one attached hydrogen (secondary N) is 2. The van der Waals surface area contributed by atoms with Crippen LogP contribution in [0.25, 0.3) is 0 Å². The first-order valence-electron chi connectivity index (χ1n) is 7.94. The van der Waals surface area contributed by atoms with Crippen LogP contribution in [0, 0.1) is 0 Å². The second-order valence-corrected chi connectivity index (χ2v) is 5.67. The molecule has 7 nitrogen and oxygen atoms in total. The van der Waals surface area contributed by atoms with E-state index >= 15 is 0 Å². The summed E-state index contributed by atoms with van der Waals surface area (Å²) in [6.45, 7) is 1.94. The maximum Gasteiger partial charge on any atom is 0.318 e. The highest BCUT2D eigenvalue weighted by molar-refractivity contribution is 5.93. The molecule has 0 aromatic heterocycles. The predicted octanol–water partition coefficient (Wildman–Crippen LogP) is 1.91. The van der Waals surface area contributed by atoms with Gasteiger partial charge >= 0.3 is 6.03 Å². The fourth-order valence-corrected chi connectivity index (χ4v) is 2.68. The van der Waals surface area contributed by atoms with E-state index in [4.69, 9.17) is 9.94 Å². The normalized spacial score (nSPS) is 12.4. The van der Waals surface area contributed by atoms with Gasteiger partial charge in [-0.25, -0.2) is 10.3 Å². The van der Waals surface area contributed by atoms with Crippen LogP contribution in [-0.4, -0.2) is 35.2 Å². The number of hydroxylamine groups is 1. The van der Waals surface area contributed by atoms with E-state index in [1.807, 2.05) is 24.3 Å². The fraction of sp³-hybridized carbons (Fsp3) is 0.222. The summed E-state index contributed by atoms with van der Waals surface area (Å²) in [6, 6.07) is 14.2.